The quantitative estimate of drug-likeness (QED) is 0.183. The van der Waals surface area contributed by atoms with Gasteiger partial charge in [0.1, 0.15) is 0 Å². The van der Waals surface area contributed by atoms with Crippen LogP contribution in [0.25, 0.3) is 82.1 Å². The summed E-state index contributed by atoms with van der Waals surface area (Å²) in [5, 5.41) is 14.1. The summed E-state index contributed by atoms with van der Waals surface area (Å²) in [5.74, 6) is 0. The molecular weight excluding hydrogens is 585 g/mol. The molecule has 0 aliphatic heterocycles. The molecule has 48 heavy (non-hydrogen) atoms. The van der Waals surface area contributed by atoms with Crippen LogP contribution in [-0.2, 0) is 0 Å². The third-order valence-electron chi connectivity index (χ3n) is 9.35. The normalized spacial score (nSPS) is 11.3. The van der Waals surface area contributed by atoms with Crippen LogP contribution in [0.3, 0.4) is 0 Å². The van der Waals surface area contributed by atoms with Crippen molar-refractivity contribution in [2.24, 2.45) is 0 Å². The largest absolute Gasteiger partial charge is 0.319 e. The zero-order valence-corrected chi connectivity index (χ0v) is 25.8. The van der Waals surface area contributed by atoms with Gasteiger partial charge < -0.3 is 9.13 Å². The summed E-state index contributed by atoms with van der Waals surface area (Å²) in [5.41, 5.74) is 11.4. The van der Waals surface area contributed by atoms with E-state index in [0.717, 1.165) is 77.2 Å². The first kappa shape index (κ1) is 27.4. The molecule has 0 atom stereocenters. The molecule has 4 nitrogen and oxygen atoms in total. The molecule has 0 fully saturated rings. The van der Waals surface area contributed by atoms with Crippen LogP contribution in [0.1, 0.15) is 5.56 Å². The minimum Gasteiger partial charge on any atom is -0.319 e. The van der Waals surface area contributed by atoms with Crippen molar-refractivity contribution in [3.05, 3.63) is 175 Å². The van der Waals surface area contributed by atoms with Gasteiger partial charge in [0.15, 0.2) is 0 Å². The molecule has 0 radical (unpaired) electrons. The predicted molar refractivity (Wildman–Crippen MR) is 197 cm³/mol. The lowest BCUT2D eigenvalue weighted by atomic mass is 9.95. The standard InChI is InChI=1S/C44H26N4/c1-46-44-37(30-12-3-2-4-13-30)26-32(27-43(44)48-40-20-9-5-16-34(40)35-17-6-10-21-41(35)48)31-14-11-15-33(25-31)47-39-19-8-7-18-36(39)38-24-29(28-45)22-23-42(38)47/h2-27H. The zero-order valence-electron chi connectivity index (χ0n) is 25.8. The molecule has 0 spiro atoms. The Morgan fingerprint density at radius 3 is 1.73 bits per heavy atom. The highest BCUT2D eigenvalue weighted by molar-refractivity contribution is 6.11. The molecule has 0 aliphatic carbocycles. The van der Waals surface area contributed by atoms with Crippen LogP contribution < -0.4 is 0 Å². The first-order valence-corrected chi connectivity index (χ1v) is 15.9. The second kappa shape index (κ2) is 10.9. The number of para-hydroxylation sites is 3. The Bertz CT molecular complexity index is 2750. The average molecular weight is 611 g/mol. The molecule has 4 heteroatoms. The lowest BCUT2D eigenvalue weighted by molar-refractivity contribution is 1.18. The predicted octanol–water partition coefficient (Wildman–Crippen LogP) is 11.6. The highest BCUT2D eigenvalue weighted by atomic mass is 15.0. The van der Waals surface area contributed by atoms with Gasteiger partial charge in [-0.05, 0) is 76.9 Å². The summed E-state index contributed by atoms with van der Waals surface area (Å²) < 4.78 is 4.52. The van der Waals surface area contributed by atoms with Crippen molar-refractivity contribution < 1.29 is 0 Å². The van der Waals surface area contributed by atoms with Crippen molar-refractivity contribution in [1.29, 1.82) is 5.26 Å². The van der Waals surface area contributed by atoms with E-state index in [1.807, 2.05) is 42.5 Å². The molecule has 9 aromatic rings. The highest BCUT2D eigenvalue weighted by Gasteiger charge is 2.20. The van der Waals surface area contributed by atoms with Gasteiger partial charge in [-0.3, -0.25) is 0 Å². The Balaban J connectivity index is 1.33. The first-order chi connectivity index (χ1) is 23.7. The van der Waals surface area contributed by atoms with Gasteiger partial charge in [0.2, 0.25) is 5.69 Å². The number of benzene rings is 7. The van der Waals surface area contributed by atoms with Crippen LogP contribution in [-0.4, -0.2) is 9.13 Å². The molecule has 0 unspecified atom stereocenters. The van der Waals surface area contributed by atoms with Gasteiger partial charge in [-0.2, -0.15) is 5.26 Å². The van der Waals surface area contributed by atoms with Crippen LogP contribution in [0.2, 0.25) is 0 Å². The molecule has 0 bridgehead atoms. The molecule has 0 N–H and O–H groups in total. The van der Waals surface area contributed by atoms with Crippen molar-refractivity contribution in [2.75, 3.05) is 0 Å². The minimum atomic E-state index is 0.614. The van der Waals surface area contributed by atoms with Gasteiger partial charge in [-0.1, -0.05) is 103 Å². The fourth-order valence-corrected chi connectivity index (χ4v) is 7.24. The molecule has 9 rings (SSSR count). The van der Waals surface area contributed by atoms with E-state index < -0.39 is 0 Å². The number of hydrogen-bond donors (Lipinski definition) is 0. The molecule has 7 aromatic carbocycles. The van der Waals surface area contributed by atoms with Crippen molar-refractivity contribution in [1.82, 2.24) is 9.13 Å². The van der Waals surface area contributed by atoms with Crippen LogP contribution >= 0.6 is 0 Å². The fourth-order valence-electron chi connectivity index (χ4n) is 7.24. The SMILES string of the molecule is [C-]#[N+]c1c(-c2ccccc2)cc(-c2cccc(-n3c4ccccc4c4cc(C#N)ccc43)c2)cc1-n1c2ccccc2c2ccccc21. The van der Waals surface area contributed by atoms with E-state index >= 15 is 0 Å². The Morgan fingerprint density at radius 1 is 0.479 bits per heavy atom. The zero-order chi connectivity index (χ0) is 32.2. The summed E-state index contributed by atoms with van der Waals surface area (Å²) in [6.07, 6.45) is 0. The molecule has 2 heterocycles. The minimum absolute atomic E-state index is 0.614. The van der Waals surface area contributed by atoms with Gasteiger partial charge in [0, 0.05) is 27.2 Å². The van der Waals surface area contributed by atoms with Crippen molar-refractivity contribution in [3.63, 3.8) is 0 Å². The molecular formula is C44H26N4. The van der Waals surface area contributed by atoms with Crippen LogP contribution in [0.5, 0.6) is 0 Å². The number of nitriles is 1. The third-order valence-corrected chi connectivity index (χ3v) is 9.35. The summed E-state index contributed by atoms with van der Waals surface area (Å²) in [7, 11) is 0. The number of fused-ring (bicyclic) bond motifs is 6. The summed E-state index contributed by atoms with van der Waals surface area (Å²) in [6.45, 7) is 8.47. The summed E-state index contributed by atoms with van der Waals surface area (Å²) >= 11 is 0. The van der Waals surface area contributed by atoms with Crippen molar-refractivity contribution in [3.8, 4) is 39.7 Å². The topological polar surface area (TPSA) is 38.0 Å². The van der Waals surface area contributed by atoms with E-state index in [-0.39, 0.29) is 0 Å². The Labute approximate surface area is 277 Å². The maximum Gasteiger partial charge on any atom is 0.218 e. The maximum absolute atomic E-state index is 9.63. The van der Waals surface area contributed by atoms with Gasteiger partial charge in [0.25, 0.3) is 0 Å². The summed E-state index contributed by atoms with van der Waals surface area (Å²) in [4.78, 5) is 4.19. The number of aromatic nitrogens is 2. The fraction of sp³-hybridized carbons (Fsp3) is 0. The lowest BCUT2D eigenvalue weighted by Crippen LogP contribution is -1.98. The average Bonchev–Trinajstić information content (AvgIpc) is 3.67. The van der Waals surface area contributed by atoms with E-state index in [0.29, 0.717) is 11.3 Å². The lowest BCUT2D eigenvalue weighted by Gasteiger charge is -2.17. The number of rotatable bonds is 4. The van der Waals surface area contributed by atoms with Gasteiger partial charge in [0.05, 0.1) is 46.0 Å². The number of hydrogen-bond acceptors (Lipinski definition) is 1. The van der Waals surface area contributed by atoms with Gasteiger partial charge in [-0.25, -0.2) is 4.85 Å². The van der Waals surface area contributed by atoms with Crippen LogP contribution in [0, 0.1) is 17.9 Å². The second-order valence-electron chi connectivity index (χ2n) is 12.0. The Morgan fingerprint density at radius 2 is 1.06 bits per heavy atom. The Hall–Kier alpha value is -6.88. The maximum atomic E-state index is 9.63. The smallest absolute Gasteiger partial charge is 0.218 e. The second-order valence-corrected chi connectivity index (χ2v) is 12.0. The van der Waals surface area contributed by atoms with E-state index in [1.165, 1.54) is 0 Å². The molecule has 0 saturated carbocycles. The Kier molecular flexibility index (Phi) is 6.22. The molecule has 2 aromatic heterocycles. The molecule has 0 saturated heterocycles. The van der Waals surface area contributed by atoms with Crippen LogP contribution in [0.15, 0.2) is 158 Å². The first-order valence-electron chi connectivity index (χ1n) is 15.9. The van der Waals surface area contributed by atoms with Crippen LogP contribution in [0.4, 0.5) is 5.69 Å². The highest BCUT2D eigenvalue weighted by Crippen LogP contribution is 2.44. The number of nitrogens with zero attached hydrogens (tertiary/aromatic N) is 4. The third kappa shape index (κ3) is 4.14. The monoisotopic (exact) mass is 610 g/mol. The van der Waals surface area contributed by atoms with E-state index in [9.17, 15) is 5.26 Å². The molecule has 222 valence electrons. The van der Waals surface area contributed by atoms with E-state index in [2.05, 4.69) is 135 Å². The van der Waals surface area contributed by atoms with Crippen molar-refractivity contribution >= 4 is 49.3 Å². The van der Waals surface area contributed by atoms with Gasteiger partial charge in [-0.15, -0.1) is 0 Å². The summed E-state index contributed by atoms with van der Waals surface area (Å²) in [6, 6.07) is 56.5. The van der Waals surface area contributed by atoms with E-state index in [4.69, 9.17) is 6.57 Å². The molecule has 0 aliphatic rings. The van der Waals surface area contributed by atoms with Crippen molar-refractivity contribution in [2.45, 2.75) is 0 Å². The van der Waals surface area contributed by atoms with E-state index in [1.54, 1.807) is 0 Å². The molecule has 0 amide bonds. The van der Waals surface area contributed by atoms with Gasteiger partial charge >= 0.3 is 0 Å².